The van der Waals surface area contributed by atoms with Crippen LogP contribution in [0.15, 0.2) is 53.1 Å². The Labute approximate surface area is 199 Å². The topological polar surface area (TPSA) is 65.7 Å². The van der Waals surface area contributed by atoms with Crippen molar-refractivity contribution in [2.45, 2.75) is 26.3 Å². The van der Waals surface area contributed by atoms with Crippen molar-refractivity contribution in [1.29, 1.82) is 0 Å². The molecule has 0 saturated carbocycles. The molecule has 2 saturated heterocycles. The molecule has 1 unspecified atom stereocenters. The first-order chi connectivity index (χ1) is 16.5. The maximum Gasteiger partial charge on any atom is 0.241 e. The van der Waals surface area contributed by atoms with E-state index in [9.17, 15) is 9.18 Å². The third kappa shape index (κ3) is 5.12. The van der Waals surface area contributed by atoms with E-state index >= 15 is 0 Å². The molecule has 0 radical (unpaired) electrons. The van der Waals surface area contributed by atoms with Crippen LogP contribution >= 0.6 is 0 Å². The van der Waals surface area contributed by atoms with Crippen LogP contribution in [-0.2, 0) is 11.3 Å². The van der Waals surface area contributed by atoms with Gasteiger partial charge in [-0.05, 0) is 56.6 Å². The normalized spacial score (nSPS) is 19.4. The quantitative estimate of drug-likeness (QED) is 0.574. The maximum absolute atomic E-state index is 13.2. The smallest absolute Gasteiger partial charge is 0.241 e. The van der Waals surface area contributed by atoms with Crippen molar-refractivity contribution < 1.29 is 13.7 Å². The number of anilines is 1. The highest BCUT2D eigenvalue weighted by Crippen LogP contribution is 2.24. The minimum Gasteiger partial charge on any atom is -0.368 e. The highest BCUT2D eigenvalue weighted by atomic mass is 19.1. The Balaban J connectivity index is 1.15. The summed E-state index contributed by atoms with van der Waals surface area (Å²) in [6.45, 7) is 7.13. The van der Waals surface area contributed by atoms with Crippen molar-refractivity contribution in [3.8, 4) is 11.4 Å². The number of likely N-dealkylation sites (tertiary alicyclic amines) is 1. The van der Waals surface area contributed by atoms with E-state index < -0.39 is 0 Å². The lowest BCUT2D eigenvalue weighted by Gasteiger charge is -2.39. The van der Waals surface area contributed by atoms with Gasteiger partial charge in [0.15, 0.2) is 0 Å². The summed E-state index contributed by atoms with van der Waals surface area (Å²) in [5.41, 5.74) is 3.10. The number of benzene rings is 2. The number of aryl methyl sites for hydroxylation is 1. The van der Waals surface area contributed by atoms with Gasteiger partial charge in [-0.2, -0.15) is 4.98 Å². The van der Waals surface area contributed by atoms with Gasteiger partial charge in [-0.1, -0.05) is 28.9 Å². The number of hydrogen-bond donors (Lipinski definition) is 0. The largest absolute Gasteiger partial charge is 0.368 e. The van der Waals surface area contributed by atoms with E-state index in [2.05, 4.69) is 19.9 Å². The molecule has 2 aromatic carbocycles. The van der Waals surface area contributed by atoms with E-state index in [1.807, 2.05) is 36.1 Å². The minimum absolute atomic E-state index is 0.00899. The van der Waals surface area contributed by atoms with Gasteiger partial charge >= 0.3 is 0 Å². The van der Waals surface area contributed by atoms with Gasteiger partial charge in [0.2, 0.25) is 17.6 Å². The molecular weight excluding hydrogens is 433 g/mol. The third-order valence-electron chi connectivity index (χ3n) is 6.74. The SMILES string of the molecule is Cc1cccc(-c2noc(CN3CCCC(C(=O)N4CCN(c5ccc(F)cc5)CC4)C3)n2)c1. The number of amides is 1. The van der Waals surface area contributed by atoms with E-state index in [0.29, 0.717) is 37.9 Å². The molecule has 8 heteroatoms. The first kappa shape index (κ1) is 22.5. The van der Waals surface area contributed by atoms with E-state index in [-0.39, 0.29) is 17.6 Å². The molecule has 178 valence electrons. The number of carbonyl (C=O) groups is 1. The summed E-state index contributed by atoms with van der Waals surface area (Å²) >= 11 is 0. The monoisotopic (exact) mass is 463 g/mol. The lowest BCUT2D eigenvalue weighted by molar-refractivity contribution is -0.137. The fraction of sp³-hybridized carbons (Fsp3) is 0.423. The molecule has 2 aliphatic rings. The minimum atomic E-state index is -0.230. The van der Waals surface area contributed by atoms with E-state index in [0.717, 1.165) is 49.3 Å². The second-order valence-electron chi connectivity index (χ2n) is 9.24. The third-order valence-corrected chi connectivity index (χ3v) is 6.74. The average molecular weight is 464 g/mol. The lowest BCUT2D eigenvalue weighted by Crippen LogP contribution is -2.52. The van der Waals surface area contributed by atoms with Gasteiger partial charge in [-0.3, -0.25) is 9.69 Å². The van der Waals surface area contributed by atoms with Crippen molar-refractivity contribution >= 4 is 11.6 Å². The molecule has 1 aromatic heterocycles. The van der Waals surface area contributed by atoms with Crippen molar-refractivity contribution in [2.24, 2.45) is 5.92 Å². The summed E-state index contributed by atoms with van der Waals surface area (Å²) in [7, 11) is 0. The van der Waals surface area contributed by atoms with Gasteiger partial charge in [0, 0.05) is 44.0 Å². The Kier molecular flexibility index (Phi) is 6.58. The molecule has 2 fully saturated rings. The Morgan fingerprint density at radius 3 is 2.65 bits per heavy atom. The molecule has 0 aliphatic carbocycles. The Bertz CT molecular complexity index is 1120. The van der Waals surface area contributed by atoms with Crippen molar-refractivity contribution in [3.05, 3.63) is 65.8 Å². The molecule has 0 spiro atoms. The summed E-state index contributed by atoms with van der Waals surface area (Å²) in [6, 6.07) is 14.6. The fourth-order valence-corrected chi connectivity index (χ4v) is 4.91. The second-order valence-corrected chi connectivity index (χ2v) is 9.24. The highest BCUT2D eigenvalue weighted by Gasteiger charge is 2.31. The average Bonchev–Trinajstić information content (AvgIpc) is 3.33. The maximum atomic E-state index is 13.2. The molecule has 0 N–H and O–H groups in total. The molecule has 3 heterocycles. The summed E-state index contributed by atoms with van der Waals surface area (Å²) in [6.07, 6.45) is 1.89. The first-order valence-corrected chi connectivity index (χ1v) is 12.0. The van der Waals surface area contributed by atoms with E-state index in [1.54, 1.807) is 12.1 Å². The van der Waals surface area contributed by atoms with E-state index in [4.69, 9.17) is 4.52 Å². The Morgan fingerprint density at radius 2 is 1.88 bits per heavy atom. The van der Waals surface area contributed by atoms with E-state index in [1.165, 1.54) is 12.1 Å². The van der Waals surface area contributed by atoms with Crippen LogP contribution in [-0.4, -0.2) is 65.1 Å². The fourth-order valence-electron chi connectivity index (χ4n) is 4.91. The van der Waals surface area contributed by atoms with Gasteiger partial charge < -0.3 is 14.3 Å². The zero-order chi connectivity index (χ0) is 23.5. The van der Waals surface area contributed by atoms with Crippen LogP contribution < -0.4 is 4.90 Å². The summed E-state index contributed by atoms with van der Waals surface area (Å²) in [5.74, 6) is 1.17. The number of hydrogen-bond acceptors (Lipinski definition) is 6. The molecule has 1 atom stereocenters. The molecule has 3 aromatic rings. The molecule has 7 nitrogen and oxygen atoms in total. The predicted molar refractivity (Wildman–Crippen MR) is 128 cm³/mol. The van der Waals surface area contributed by atoms with Gasteiger partial charge in [-0.15, -0.1) is 0 Å². The molecular formula is C26H30FN5O2. The van der Waals surface area contributed by atoms with Gasteiger partial charge in [0.05, 0.1) is 12.5 Å². The number of aromatic nitrogens is 2. The standard InChI is InChI=1S/C26H30FN5O2/c1-19-4-2-5-20(16-19)25-28-24(34-29-25)18-30-11-3-6-21(17-30)26(33)32-14-12-31(13-15-32)23-9-7-22(27)8-10-23/h2,4-5,7-10,16,21H,3,6,11-15,17-18H2,1H3. The molecule has 5 rings (SSSR count). The highest BCUT2D eigenvalue weighted by molar-refractivity contribution is 5.79. The van der Waals surface area contributed by atoms with Crippen LogP contribution in [0.2, 0.25) is 0 Å². The summed E-state index contributed by atoms with van der Waals surface area (Å²) < 4.78 is 18.7. The van der Waals surface area contributed by atoms with Crippen molar-refractivity contribution in [3.63, 3.8) is 0 Å². The van der Waals surface area contributed by atoms with Crippen LogP contribution in [0, 0.1) is 18.7 Å². The van der Waals surface area contributed by atoms with Crippen molar-refractivity contribution in [1.82, 2.24) is 19.9 Å². The number of carbonyl (C=O) groups excluding carboxylic acids is 1. The van der Waals surface area contributed by atoms with Gasteiger partial charge in [0.25, 0.3) is 0 Å². The number of piperidine rings is 1. The van der Waals surface area contributed by atoms with Crippen LogP contribution in [0.5, 0.6) is 0 Å². The first-order valence-electron chi connectivity index (χ1n) is 12.0. The summed E-state index contributed by atoms with van der Waals surface area (Å²) in [5, 5.41) is 4.14. The van der Waals surface area contributed by atoms with Crippen LogP contribution in [0.3, 0.4) is 0 Å². The van der Waals surface area contributed by atoms with Gasteiger partial charge in [-0.25, -0.2) is 4.39 Å². The summed E-state index contributed by atoms with van der Waals surface area (Å²) in [4.78, 5) is 24.2. The zero-order valence-corrected chi connectivity index (χ0v) is 19.5. The number of rotatable bonds is 5. The zero-order valence-electron chi connectivity index (χ0n) is 19.5. The predicted octanol–water partition coefficient (Wildman–Crippen LogP) is 3.74. The van der Waals surface area contributed by atoms with Crippen LogP contribution in [0.4, 0.5) is 10.1 Å². The number of halogens is 1. The van der Waals surface area contributed by atoms with Gasteiger partial charge in [0.1, 0.15) is 5.82 Å². The number of piperazine rings is 1. The molecule has 0 bridgehead atoms. The molecule has 34 heavy (non-hydrogen) atoms. The molecule has 2 aliphatic heterocycles. The Hall–Kier alpha value is -3.26. The van der Waals surface area contributed by atoms with Crippen LogP contribution in [0.25, 0.3) is 11.4 Å². The lowest BCUT2D eigenvalue weighted by atomic mass is 9.96. The van der Waals surface area contributed by atoms with Crippen molar-refractivity contribution in [2.75, 3.05) is 44.2 Å². The second kappa shape index (κ2) is 9.93. The molecule has 1 amide bonds. The van der Waals surface area contributed by atoms with Crippen LogP contribution in [0.1, 0.15) is 24.3 Å². The Morgan fingerprint density at radius 1 is 1.09 bits per heavy atom. The number of nitrogens with zero attached hydrogens (tertiary/aromatic N) is 5.